The third-order valence-electron chi connectivity index (χ3n) is 5.90. The summed E-state index contributed by atoms with van der Waals surface area (Å²) in [7, 11) is 1.68. The summed E-state index contributed by atoms with van der Waals surface area (Å²) in [4.78, 5) is 21.3. The molecule has 5 rings (SSSR count). The van der Waals surface area contributed by atoms with Gasteiger partial charge in [0.25, 0.3) is 0 Å². The fraction of sp³-hybridized carbons (Fsp3) is 0.320. The number of nitrogens with zero attached hydrogens (tertiary/aromatic N) is 3. The Kier molecular flexibility index (Phi) is 7.12. The second-order valence-corrected chi connectivity index (χ2v) is 9.63. The normalized spacial score (nSPS) is 13.3. The van der Waals surface area contributed by atoms with Crippen molar-refractivity contribution in [2.24, 2.45) is 5.73 Å². The molecule has 0 radical (unpaired) electrons. The van der Waals surface area contributed by atoms with Crippen LogP contribution < -0.4 is 21.1 Å². The van der Waals surface area contributed by atoms with Gasteiger partial charge in [-0.05, 0) is 37.0 Å². The van der Waals surface area contributed by atoms with Crippen LogP contribution in [0.25, 0.3) is 20.8 Å². The summed E-state index contributed by atoms with van der Waals surface area (Å²) in [5.41, 5.74) is 7.67. The lowest BCUT2D eigenvalue weighted by molar-refractivity contribution is 0.199. The molecule has 0 saturated heterocycles. The van der Waals surface area contributed by atoms with Crippen molar-refractivity contribution in [2.75, 3.05) is 32.1 Å². The Labute approximate surface area is 211 Å². The number of halogens is 1. The number of urea groups is 1. The highest BCUT2D eigenvalue weighted by Crippen LogP contribution is 2.47. The Morgan fingerprint density at radius 2 is 2.11 bits per heavy atom. The van der Waals surface area contributed by atoms with Crippen molar-refractivity contribution in [3.63, 3.8) is 0 Å². The number of carbonyl (C=O) groups is 1. The number of methoxy groups -OCH3 is 1. The van der Waals surface area contributed by atoms with Gasteiger partial charge < -0.3 is 30.4 Å². The van der Waals surface area contributed by atoms with Crippen molar-refractivity contribution in [1.29, 1.82) is 0 Å². The molecule has 1 saturated carbocycles. The zero-order valence-corrected chi connectivity index (χ0v) is 20.6. The first-order chi connectivity index (χ1) is 17.5. The number of nitrogens with one attached hydrogen (secondary N) is 2. The fourth-order valence-corrected chi connectivity index (χ4v) is 5.05. The number of aromatic nitrogens is 3. The maximum absolute atomic E-state index is 15.4. The van der Waals surface area contributed by atoms with Crippen LogP contribution in [0, 0.1) is 5.82 Å². The van der Waals surface area contributed by atoms with Crippen LogP contribution >= 0.6 is 11.3 Å². The van der Waals surface area contributed by atoms with Crippen molar-refractivity contribution in [3.05, 3.63) is 54.4 Å². The van der Waals surface area contributed by atoms with Crippen LogP contribution in [0.2, 0.25) is 0 Å². The van der Waals surface area contributed by atoms with Gasteiger partial charge >= 0.3 is 6.03 Å². The molecule has 0 atom stereocenters. The maximum Gasteiger partial charge on any atom is 0.316 e. The third-order valence-corrected chi connectivity index (χ3v) is 7.06. The number of benzene rings is 1. The van der Waals surface area contributed by atoms with E-state index in [4.69, 9.17) is 15.2 Å². The summed E-state index contributed by atoms with van der Waals surface area (Å²) < 4.78 is 29.4. The van der Waals surface area contributed by atoms with Crippen LogP contribution in [0.15, 0.2) is 43.0 Å². The van der Waals surface area contributed by atoms with E-state index < -0.39 is 11.8 Å². The second-order valence-electron chi connectivity index (χ2n) is 8.58. The first-order valence-corrected chi connectivity index (χ1v) is 12.5. The molecule has 0 aliphatic heterocycles. The molecule has 0 unspecified atom stereocenters. The smallest absolute Gasteiger partial charge is 0.316 e. The fourth-order valence-electron chi connectivity index (χ4n) is 4.02. The van der Waals surface area contributed by atoms with Gasteiger partial charge in [-0.1, -0.05) is 0 Å². The molecule has 0 bridgehead atoms. The lowest BCUT2D eigenvalue weighted by Gasteiger charge is -2.14. The van der Waals surface area contributed by atoms with Crippen LogP contribution in [0.4, 0.5) is 14.9 Å². The van der Waals surface area contributed by atoms with E-state index >= 15 is 4.39 Å². The number of primary amides is 1. The zero-order valence-electron chi connectivity index (χ0n) is 19.8. The van der Waals surface area contributed by atoms with Gasteiger partial charge in [0.05, 0.1) is 33.7 Å². The van der Waals surface area contributed by atoms with Gasteiger partial charge in [-0.3, -0.25) is 4.98 Å². The highest BCUT2D eigenvalue weighted by molar-refractivity contribution is 7.22. The highest BCUT2D eigenvalue weighted by Gasteiger charge is 2.31. The molecule has 1 aromatic carbocycles. The number of amides is 2. The van der Waals surface area contributed by atoms with E-state index in [1.807, 2.05) is 16.8 Å². The van der Waals surface area contributed by atoms with E-state index in [-0.39, 0.29) is 11.7 Å². The van der Waals surface area contributed by atoms with E-state index in [0.29, 0.717) is 23.6 Å². The summed E-state index contributed by atoms with van der Waals surface area (Å²) in [5.74, 6) is 0.170. The van der Waals surface area contributed by atoms with Crippen molar-refractivity contribution >= 4 is 33.3 Å². The minimum atomic E-state index is -0.725. The predicted molar refractivity (Wildman–Crippen MR) is 137 cm³/mol. The summed E-state index contributed by atoms with van der Waals surface area (Å²) in [5, 5.41) is 5.83. The van der Waals surface area contributed by atoms with Gasteiger partial charge in [-0.15, -0.1) is 11.3 Å². The van der Waals surface area contributed by atoms with Gasteiger partial charge in [0.15, 0.2) is 11.6 Å². The maximum atomic E-state index is 15.4. The van der Waals surface area contributed by atoms with Crippen LogP contribution in [0.1, 0.15) is 24.3 Å². The number of carbonyl (C=O) groups excluding carboxylic acids is 1. The molecule has 11 heteroatoms. The van der Waals surface area contributed by atoms with E-state index in [0.717, 1.165) is 53.3 Å². The molecule has 1 fully saturated rings. The summed E-state index contributed by atoms with van der Waals surface area (Å²) in [6.07, 6.45) is 7.16. The molecule has 0 spiro atoms. The van der Waals surface area contributed by atoms with Gasteiger partial charge in [-0.2, -0.15) is 0 Å². The molecule has 1 aliphatic rings. The average molecular weight is 511 g/mol. The molecule has 9 nitrogen and oxygen atoms in total. The largest absolute Gasteiger partial charge is 0.453 e. The first kappa shape index (κ1) is 24.2. The average Bonchev–Trinajstić information content (AvgIpc) is 3.40. The van der Waals surface area contributed by atoms with Crippen molar-refractivity contribution < 1.29 is 18.7 Å². The minimum Gasteiger partial charge on any atom is -0.453 e. The number of anilines is 1. The number of thiophene rings is 1. The number of rotatable bonds is 11. The number of ether oxygens (including phenoxy) is 2. The predicted octanol–water partition coefficient (Wildman–Crippen LogP) is 4.70. The monoisotopic (exact) mass is 510 g/mol. The van der Waals surface area contributed by atoms with Gasteiger partial charge in [0.2, 0.25) is 0 Å². The number of nitrogens with two attached hydrogens (primary N) is 1. The molecule has 36 heavy (non-hydrogen) atoms. The summed E-state index contributed by atoms with van der Waals surface area (Å²) >= 11 is 1.49. The van der Waals surface area contributed by atoms with Crippen molar-refractivity contribution in [2.45, 2.75) is 25.3 Å². The molecule has 3 aromatic heterocycles. The van der Waals surface area contributed by atoms with Crippen molar-refractivity contribution in [1.82, 2.24) is 19.9 Å². The van der Waals surface area contributed by atoms with E-state index in [2.05, 4.69) is 20.6 Å². The van der Waals surface area contributed by atoms with Crippen molar-refractivity contribution in [3.8, 4) is 22.1 Å². The lowest BCUT2D eigenvalue weighted by atomic mass is 10.1. The summed E-state index contributed by atoms with van der Waals surface area (Å²) in [6.45, 7) is 3.08. The van der Waals surface area contributed by atoms with Crippen LogP contribution in [-0.4, -0.2) is 47.4 Å². The quantitative estimate of drug-likeness (QED) is 0.252. The minimum absolute atomic E-state index is 0.0477. The first-order valence-electron chi connectivity index (χ1n) is 11.7. The number of hydrogen-bond donors (Lipinski definition) is 3. The van der Waals surface area contributed by atoms with Gasteiger partial charge in [-0.25, -0.2) is 14.2 Å². The number of hydrogen-bond acceptors (Lipinski definition) is 7. The van der Waals surface area contributed by atoms with Gasteiger partial charge in [0, 0.05) is 56.5 Å². The lowest BCUT2D eigenvalue weighted by Crippen LogP contribution is -2.23. The molecule has 2 amide bonds. The molecule has 1 aliphatic carbocycles. The zero-order chi connectivity index (χ0) is 25.1. The standard InChI is InChI=1S/C25H27FN6O3S/c1-34-11-9-28-8-10-32-13-18(30-14-32)21-12-17-24(36-21)20(6-7-29-17)35-19-5-4-16(31-25(27)33)22(23(19)26)15-2-3-15/h4-7,12-15,28H,2-3,8-11H2,1H3,(H3,27,31,33). The molecular weight excluding hydrogens is 483 g/mol. The number of imidazole rings is 1. The number of pyridine rings is 1. The van der Waals surface area contributed by atoms with E-state index in [1.165, 1.54) is 17.4 Å². The Bertz CT molecular complexity index is 1380. The molecule has 188 valence electrons. The summed E-state index contributed by atoms with van der Waals surface area (Å²) in [6, 6.07) is 6.10. The van der Waals surface area contributed by atoms with Crippen LogP contribution in [-0.2, 0) is 11.3 Å². The Balaban J connectivity index is 1.37. The van der Waals surface area contributed by atoms with Crippen LogP contribution in [0.5, 0.6) is 11.5 Å². The van der Waals surface area contributed by atoms with Crippen LogP contribution in [0.3, 0.4) is 0 Å². The number of fused-ring (bicyclic) bond motifs is 1. The molecular formula is C25H27FN6O3S. The van der Waals surface area contributed by atoms with E-state index in [9.17, 15) is 4.79 Å². The van der Waals surface area contributed by atoms with E-state index in [1.54, 1.807) is 31.8 Å². The topological polar surface area (TPSA) is 116 Å². The third kappa shape index (κ3) is 5.32. The highest BCUT2D eigenvalue weighted by atomic mass is 32.1. The molecule has 3 heterocycles. The Hall–Kier alpha value is -3.54. The Morgan fingerprint density at radius 1 is 1.25 bits per heavy atom. The Morgan fingerprint density at radius 3 is 2.89 bits per heavy atom. The molecule has 4 N–H and O–H groups in total. The van der Waals surface area contributed by atoms with Gasteiger partial charge in [0.1, 0.15) is 5.75 Å². The molecule has 4 aromatic rings. The second kappa shape index (κ2) is 10.6. The SMILES string of the molecule is COCCNCCn1cnc(-c2cc3nccc(Oc4ccc(NC(N)=O)c(C5CC5)c4F)c3s2)c1.